The summed E-state index contributed by atoms with van der Waals surface area (Å²) < 4.78 is 43.4. The number of alkyl halides is 3. The third kappa shape index (κ3) is 5.63. The summed E-state index contributed by atoms with van der Waals surface area (Å²) in [5.41, 5.74) is -1.22. The van der Waals surface area contributed by atoms with E-state index in [2.05, 4.69) is 25.6 Å². The first-order chi connectivity index (χ1) is 15.6. The Labute approximate surface area is 188 Å². The van der Waals surface area contributed by atoms with Crippen LogP contribution >= 0.6 is 11.6 Å². The first kappa shape index (κ1) is 23.7. The van der Waals surface area contributed by atoms with Crippen molar-refractivity contribution in [2.75, 3.05) is 17.2 Å². The summed E-state index contributed by atoms with van der Waals surface area (Å²) >= 11 is 5.86. The van der Waals surface area contributed by atoms with Gasteiger partial charge in [-0.2, -0.15) is 13.2 Å². The fraction of sp³-hybridized carbons (Fsp3) is 0.158. The second-order valence-electron chi connectivity index (χ2n) is 6.28. The summed E-state index contributed by atoms with van der Waals surface area (Å²) in [5, 5.41) is 16.5. The van der Waals surface area contributed by atoms with Crippen molar-refractivity contribution >= 4 is 46.4 Å². The Hall–Kier alpha value is -4.00. The first-order valence-electron chi connectivity index (χ1n) is 9.13. The molecule has 0 amide bonds. The lowest BCUT2D eigenvalue weighted by Crippen LogP contribution is -2.09. The number of ether oxygens (including phenoxy) is 1. The number of hydrogen-bond donors (Lipinski definition) is 2. The summed E-state index contributed by atoms with van der Waals surface area (Å²) in [6.07, 6.45) is -3.14. The van der Waals surface area contributed by atoms with E-state index >= 15 is 0 Å². The maximum Gasteiger partial charge on any atom is 0.417 e. The van der Waals surface area contributed by atoms with Crippen LogP contribution in [0, 0.1) is 10.1 Å². The highest BCUT2D eigenvalue weighted by atomic mass is 35.5. The molecule has 0 radical (unpaired) electrons. The van der Waals surface area contributed by atoms with E-state index in [-0.39, 0.29) is 29.6 Å². The van der Waals surface area contributed by atoms with Crippen molar-refractivity contribution in [3.63, 3.8) is 0 Å². The SMILES string of the molecule is CCOC(=O)c1cccc(Nc2ncnc(Nc3ncc(C(F)(F)F)cc3Cl)c2[N+](=O)[O-])c1. The van der Waals surface area contributed by atoms with Crippen LogP contribution in [0.5, 0.6) is 0 Å². The molecular weight excluding hydrogens is 469 g/mol. The molecular formula is C19H14ClF3N6O4. The minimum Gasteiger partial charge on any atom is -0.462 e. The molecule has 0 saturated heterocycles. The molecule has 0 atom stereocenters. The topological polar surface area (TPSA) is 132 Å². The van der Waals surface area contributed by atoms with Crippen molar-refractivity contribution in [2.24, 2.45) is 0 Å². The van der Waals surface area contributed by atoms with Crippen LogP contribution in [0.25, 0.3) is 0 Å². The minimum absolute atomic E-state index is 0.170. The van der Waals surface area contributed by atoms with E-state index in [4.69, 9.17) is 16.3 Å². The first-order valence-corrected chi connectivity index (χ1v) is 9.51. The smallest absolute Gasteiger partial charge is 0.417 e. The number of esters is 1. The number of pyridine rings is 1. The maximum atomic E-state index is 12.8. The van der Waals surface area contributed by atoms with E-state index in [0.717, 1.165) is 6.33 Å². The van der Waals surface area contributed by atoms with Gasteiger partial charge in [0.15, 0.2) is 5.82 Å². The summed E-state index contributed by atoms with van der Waals surface area (Å²) in [7, 11) is 0. The molecule has 0 saturated carbocycles. The molecule has 2 heterocycles. The predicted octanol–water partition coefficient (Wildman–Crippen LogP) is 5.12. The molecule has 3 rings (SSSR count). The Kier molecular flexibility index (Phi) is 6.92. The van der Waals surface area contributed by atoms with Crippen LogP contribution in [0.15, 0.2) is 42.9 Å². The number of nitrogens with zero attached hydrogens (tertiary/aromatic N) is 4. The van der Waals surface area contributed by atoms with Gasteiger partial charge in [0.25, 0.3) is 0 Å². The molecule has 172 valence electrons. The number of nitrogens with one attached hydrogen (secondary N) is 2. The molecule has 0 fully saturated rings. The van der Waals surface area contributed by atoms with Gasteiger partial charge in [-0.05, 0) is 31.2 Å². The molecule has 1 aromatic carbocycles. The van der Waals surface area contributed by atoms with E-state index in [1.54, 1.807) is 6.92 Å². The summed E-state index contributed by atoms with van der Waals surface area (Å²) in [6, 6.07) is 6.61. The van der Waals surface area contributed by atoms with Crippen LogP contribution in [-0.4, -0.2) is 32.5 Å². The highest BCUT2D eigenvalue weighted by Crippen LogP contribution is 2.36. The molecule has 0 spiro atoms. The predicted molar refractivity (Wildman–Crippen MR) is 112 cm³/mol. The fourth-order valence-corrected chi connectivity index (χ4v) is 2.82. The summed E-state index contributed by atoms with van der Waals surface area (Å²) in [4.78, 5) is 34.1. The average molecular weight is 483 g/mol. The van der Waals surface area contributed by atoms with Gasteiger partial charge in [0, 0.05) is 11.9 Å². The van der Waals surface area contributed by atoms with Crippen LogP contribution in [-0.2, 0) is 10.9 Å². The molecule has 3 aromatic rings. The molecule has 33 heavy (non-hydrogen) atoms. The average Bonchev–Trinajstić information content (AvgIpc) is 2.74. The van der Waals surface area contributed by atoms with Gasteiger partial charge in [0.05, 0.1) is 27.7 Å². The Balaban J connectivity index is 1.94. The van der Waals surface area contributed by atoms with Gasteiger partial charge in [0.1, 0.15) is 6.33 Å². The summed E-state index contributed by atoms with van der Waals surface area (Å²) in [5.74, 6) is -1.47. The molecule has 2 aromatic heterocycles. The van der Waals surface area contributed by atoms with Gasteiger partial charge in [-0.1, -0.05) is 17.7 Å². The van der Waals surface area contributed by atoms with Crippen LogP contribution in [0.3, 0.4) is 0 Å². The third-order valence-corrected chi connectivity index (χ3v) is 4.33. The lowest BCUT2D eigenvalue weighted by molar-refractivity contribution is -0.383. The Morgan fingerprint density at radius 1 is 1.15 bits per heavy atom. The molecule has 0 aliphatic rings. The summed E-state index contributed by atoms with van der Waals surface area (Å²) in [6.45, 7) is 1.82. The number of carbonyl (C=O) groups excluding carboxylic acids is 1. The molecule has 10 nitrogen and oxygen atoms in total. The van der Waals surface area contributed by atoms with Crippen LogP contribution < -0.4 is 10.6 Å². The zero-order valence-corrected chi connectivity index (χ0v) is 17.4. The monoisotopic (exact) mass is 482 g/mol. The number of halogens is 4. The Bertz CT molecular complexity index is 1210. The highest BCUT2D eigenvalue weighted by molar-refractivity contribution is 6.33. The van der Waals surface area contributed by atoms with Crippen molar-refractivity contribution in [3.8, 4) is 0 Å². The Morgan fingerprint density at radius 3 is 2.45 bits per heavy atom. The van der Waals surface area contributed by atoms with Crippen molar-refractivity contribution in [2.45, 2.75) is 13.1 Å². The number of hydrogen-bond acceptors (Lipinski definition) is 9. The van der Waals surface area contributed by atoms with Crippen molar-refractivity contribution in [3.05, 3.63) is 69.1 Å². The van der Waals surface area contributed by atoms with E-state index in [1.807, 2.05) is 0 Å². The second kappa shape index (κ2) is 9.65. The molecule has 0 unspecified atom stereocenters. The van der Waals surface area contributed by atoms with Gasteiger partial charge in [-0.3, -0.25) is 10.1 Å². The minimum atomic E-state index is -4.66. The van der Waals surface area contributed by atoms with Gasteiger partial charge >= 0.3 is 17.8 Å². The largest absolute Gasteiger partial charge is 0.462 e. The highest BCUT2D eigenvalue weighted by Gasteiger charge is 2.32. The van der Waals surface area contributed by atoms with Gasteiger partial charge in [-0.25, -0.2) is 19.7 Å². The van der Waals surface area contributed by atoms with Crippen molar-refractivity contribution < 1.29 is 27.6 Å². The number of carbonyl (C=O) groups is 1. The van der Waals surface area contributed by atoms with Crippen LogP contribution in [0.2, 0.25) is 5.02 Å². The van der Waals surface area contributed by atoms with E-state index in [0.29, 0.717) is 18.0 Å². The zero-order chi connectivity index (χ0) is 24.2. The number of benzene rings is 1. The molecule has 0 aliphatic heterocycles. The molecule has 0 bridgehead atoms. The molecule has 14 heteroatoms. The third-order valence-electron chi connectivity index (χ3n) is 4.05. The number of nitro groups is 1. The zero-order valence-electron chi connectivity index (χ0n) is 16.7. The lowest BCUT2D eigenvalue weighted by atomic mass is 10.2. The quantitative estimate of drug-likeness (QED) is 0.267. The van der Waals surface area contributed by atoms with E-state index in [1.165, 1.54) is 24.3 Å². The maximum absolute atomic E-state index is 12.8. The number of anilines is 4. The van der Waals surface area contributed by atoms with E-state index in [9.17, 15) is 28.1 Å². The molecule has 2 N–H and O–H groups in total. The van der Waals surface area contributed by atoms with Crippen LogP contribution in [0.1, 0.15) is 22.8 Å². The normalized spacial score (nSPS) is 11.1. The second-order valence-corrected chi connectivity index (χ2v) is 6.69. The van der Waals surface area contributed by atoms with Crippen LogP contribution in [0.4, 0.5) is 42.0 Å². The standard InChI is InChI=1S/C19H14ClF3N6O4/c1-2-33-18(30)10-4-3-5-12(6-10)27-16-14(29(31)32)17(26-9-25-16)28-15-13(20)7-11(8-24-15)19(21,22)23/h3-9H,2H2,1H3,(H2,24,25,26,27,28). The van der Waals surface area contributed by atoms with E-state index < -0.39 is 33.3 Å². The fourth-order valence-electron chi connectivity index (χ4n) is 2.61. The number of aromatic nitrogens is 3. The van der Waals surface area contributed by atoms with Crippen molar-refractivity contribution in [1.29, 1.82) is 0 Å². The van der Waals surface area contributed by atoms with Gasteiger partial charge in [0.2, 0.25) is 11.6 Å². The molecule has 0 aliphatic carbocycles. The lowest BCUT2D eigenvalue weighted by Gasteiger charge is -2.12. The van der Waals surface area contributed by atoms with Gasteiger partial charge < -0.3 is 15.4 Å². The Morgan fingerprint density at radius 2 is 1.85 bits per heavy atom. The van der Waals surface area contributed by atoms with Gasteiger partial charge in [-0.15, -0.1) is 0 Å². The number of rotatable bonds is 7. The van der Waals surface area contributed by atoms with Crippen molar-refractivity contribution in [1.82, 2.24) is 15.0 Å².